The normalized spacial score (nSPS) is 22.9. The number of nitrogens with zero attached hydrogens (tertiary/aromatic N) is 3. The van der Waals surface area contributed by atoms with Gasteiger partial charge in [-0.1, -0.05) is 35.3 Å². The van der Waals surface area contributed by atoms with Crippen LogP contribution < -0.4 is 5.32 Å². The van der Waals surface area contributed by atoms with Crippen LogP contribution in [0.2, 0.25) is 10.0 Å². The fourth-order valence-corrected chi connectivity index (χ4v) is 2.81. The highest BCUT2D eigenvalue weighted by atomic mass is 35.5. The Hall–Kier alpha value is -1.17. The van der Waals surface area contributed by atoms with Crippen molar-refractivity contribution in [3.05, 3.63) is 28.2 Å². The summed E-state index contributed by atoms with van der Waals surface area (Å²) in [5.41, 5.74) is 0.481. The fraction of sp³-hybridized carbons (Fsp3) is 0.462. The van der Waals surface area contributed by atoms with Crippen LogP contribution in [0, 0.1) is 5.92 Å². The van der Waals surface area contributed by atoms with Gasteiger partial charge in [-0.25, -0.2) is 4.98 Å². The standard InChI is InChI=1S/C13H14Cl2N4O/c1-7-2-3-16-10(4-7)13-18-12(19-20-13)11-9(15)5-8(14)6-17-11/h5-7,10,16H,2-4H2,1H3. The summed E-state index contributed by atoms with van der Waals surface area (Å²) in [6, 6.07) is 1.72. The monoisotopic (exact) mass is 312 g/mol. The largest absolute Gasteiger partial charge is 0.337 e. The molecule has 1 fully saturated rings. The topological polar surface area (TPSA) is 63.8 Å². The molecule has 0 saturated carbocycles. The lowest BCUT2D eigenvalue weighted by Crippen LogP contribution is -2.30. The second-order valence-electron chi connectivity index (χ2n) is 5.08. The van der Waals surface area contributed by atoms with Crippen molar-refractivity contribution >= 4 is 23.2 Å². The summed E-state index contributed by atoms with van der Waals surface area (Å²) in [7, 11) is 0. The fourth-order valence-electron chi connectivity index (χ4n) is 2.35. The molecule has 2 unspecified atom stereocenters. The van der Waals surface area contributed by atoms with Gasteiger partial charge in [0.05, 0.1) is 16.1 Å². The van der Waals surface area contributed by atoms with E-state index in [2.05, 4.69) is 27.4 Å². The van der Waals surface area contributed by atoms with E-state index in [9.17, 15) is 0 Å². The Kier molecular flexibility index (Phi) is 3.92. The van der Waals surface area contributed by atoms with Gasteiger partial charge in [-0.05, 0) is 31.4 Å². The van der Waals surface area contributed by atoms with Crippen molar-refractivity contribution in [1.82, 2.24) is 20.4 Å². The average molecular weight is 313 g/mol. The maximum atomic E-state index is 6.10. The minimum Gasteiger partial charge on any atom is -0.337 e. The van der Waals surface area contributed by atoms with E-state index >= 15 is 0 Å². The van der Waals surface area contributed by atoms with Crippen LogP contribution in [0.5, 0.6) is 0 Å². The third-order valence-electron chi connectivity index (χ3n) is 3.43. The molecule has 0 amide bonds. The van der Waals surface area contributed by atoms with Crippen molar-refractivity contribution in [3.8, 4) is 11.5 Å². The van der Waals surface area contributed by atoms with E-state index in [4.69, 9.17) is 27.7 Å². The van der Waals surface area contributed by atoms with Crippen molar-refractivity contribution < 1.29 is 4.52 Å². The average Bonchev–Trinajstić information content (AvgIpc) is 2.88. The third kappa shape index (κ3) is 2.80. The first kappa shape index (κ1) is 13.8. The summed E-state index contributed by atoms with van der Waals surface area (Å²) >= 11 is 11.9. The summed E-state index contributed by atoms with van der Waals surface area (Å²) < 4.78 is 5.34. The van der Waals surface area contributed by atoms with Gasteiger partial charge in [0.15, 0.2) is 0 Å². The van der Waals surface area contributed by atoms with Gasteiger partial charge in [0, 0.05) is 6.20 Å². The van der Waals surface area contributed by atoms with E-state index in [-0.39, 0.29) is 6.04 Å². The summed E-state index contributed by atoms with van der Waals surface area (Å²) in [6.45, 7) is 3.19. The van der Waals surface area contributed by atoms with E-state index in [1.807, 2.05) is 0 Å². The number of hydrogen-bond acceptors (Lipinski definition) is 5. The smallest absolute Gasteiger partial charge is 0.244 e. The molecule has 3 rings (SSSR count). The first-order chi connectivity index (χ1) is 9.63. The first-order valence-electron chi connectivity index (χ1n) is 6.52. The van der Waals surface area contributed by atoms with Crippen LogP contribution >= 0.6 is 23.2 Å². The van der Waals surface area contributed by atoms with Crippen molar-refractivity contribution in [1.29, 1.82) is 0 Å². The van der Waals surface area contributed by atoms with Gasteiger partial charge >= 0.3 is 0 Å². The molecule has 2 aromatic rings. The maximum Gasteiger partial charge on any atom is 0.244 e. The van der Waals surface area contributed by atoms with E-state index < -0.39 is 0 Å². The predicted octanol–water partition coefficient (Wildman–Crippen LogP) is 3.50. The predicted molar refractivity (Wildman–Crippen MR) is 76.7 cm³/mol. The van der Waals surface area contributed by atoms with E-state index in [1.165, 1.54) is 12.6 Å². The number of pyridine rings is 1. The Morgan fingerprint density at radius 2 is 2.25 bits per heavy atom. The molecule has 0 aromatic carbocycles. The molecule has 1 saturated heterocycles. The van der Waals surface area contributed by atoms with E-state index in [0.717, 1.165) is 13.0 Å². The van der Waals surface area contributed by atoms with Crippen LogP contribution in [0.1, 0.15) is 31.7 Å². The third-order valence-corrected chi connectivity index (χ3v) is 3.92. The second-order valence-corrected chi connectivity index (χ2v) is 5.92. The molecule has 1 aliphatic rings. The van der Waals surface area contributed by atoms with Crippen LogP contribution in [0.3, 0.4) is 0 Å². The summed E-state index contributed by atoms with van der Waals surface area (Å²) in [4.78, 5) is 8.55. The Labute approximate surface area is 126 Å². The zero-order chi connectivity index (χ0) is 14.1. The van der Waals surface area contributed by atoms with Crippen LogP contribution in [0.4, 0.5) is 0 Å². The number of hydrogen-bond donors (Lipinski definition) is 1. The van der Waals surface area contributed by atoms with E-state index in [0.29, 0.717) is 33.4 Å². The quantitative estimate of drug-likeness (QED) is 0.919. The lowest BCUT2D eigenvalue weighted by Gasteiger charge is -2.25. The second kappa shape index (κ2) is 5.68. The number of piperidine rings is 1. The number of aromatic nitrogens is 3. The SMILES string of the molecule is CC1CCNC(c2nc(-c3ncc(Cl)cc3Cl)no2)C1. The van der Waals surface area contributed by atoms with Gasteiger partial charge < -0.3 is 9.84 Å². The molecule has 106 valence electrons. The molecule has 2 atom stereocenters. The summed E-state index contributed by atoms with van der Waals surface area (Å²) in [6.07, 6.45) is 3.67. The summed E-state index contributed by atoms with van der Waals surface area (Å²) in [5, 5.41) is 8.23. The van der Waals surface area contributed by atoms with Crippen molar-refractivity contribution in [3.63, 3.8) is 0 Å². The molecule has 2 aromatic heterocycles. The van der Waals surface area contributed by atoms with Gasteiger partial charge in [-0.15, -0.1) is 0 Å². The molecule has 20 heavy (non-hydrogen) atoms. The molecule has 1 N–H and O–H groups in total. The lowest BCUT2D eigenvalue weighted by atomic mass is 9.94. The molecule has 7 heteroatoms. The van der Waals surface area contributed by atoms with Crippen LogP contribution in [-0.2, 0) is 0 Å². The molecule has 1 aliphatic heterocycles. The van der Waals surface area contributed by atoms with Crippen LogP contribution in [-0.4, -0.2) is 21.7 Å². The van der Waals surface area contributed by atoms with Crippen LogP contribution in [0.25, 0.3) is 11.5 Å². The highest BCUT2D eigenvalue weighted by Crippen LogP contribution is 2.29. The minimum atomic E-state index is 0.103. The Balaban J connectivity index is 1.86. The molecular weight excluding hydrogens is 299 g/mol. The first-order valence-corrected chi connectivity index (χ1v) is 7.27. The van der Waals surface area contributed by atoms with E-state index in [1.54, 1.807) is 6.07 Å². The zero-order valence-corrected chi connectivity index (χ0v) is 12.4. The minimum absolute atomic E-state index is 0.103. The number of nitrogens with one attached hydrogen (secondary N) is 1. The maximum absolute atomic E-state index is 6.10. The highest BCUT2D eigenvalue weighted by Gasteiger charge is 2.25. The molecule has 3 heterocycles. The Morgan fingerprint density at radius 1 is 1.40 bits per heavy atom. The molecule has 0 bridgehead atoms. The highest BCUT2D eigenvalue weighted by molar-refractivity contribution is 6.35. The molecule has 5 nitrogen and oxygen atoms in total. The molecule has 0 spiro atoms. The van der Waals surface area contributed by atoms with Crippen molar-refractivity contribution in [2.24, 2.45) is 5.92 Å². The summed E-state index contributed by atoms with van der Waals surface area (Å²) in [5.74, 6) is 1.62. The van der Waals surface area contributed by atoms with Crippen LogP contribution in [0.15, 0.2) is 16.8 Å². The molecular formula is C13H14Cl2N4O. The number of halogens is 2. The molecule has 0 aliphatic carbocycles. The Bertz CT molecular complexity index is 616. The Morgan fingerprint density at radius 3 is 3.00 bits per heavy atom. The van der Waals surface area contributed by atoms with Gasteiger partial charge in [0.2, 0.25) is 11.7 Å². The lowest BCUT2D eigenvalue weighted by molar-refractivity contribution is 0.260. The molecule has 0 radical (unpaired) electrons. The van der Waals surface area contributed by atoms with Gasteiger partial charge in [0.1, 0.15) is 5.69 Å². The zero-order valence-electron chi connectivity index (χ0n) is 10.9. The van der Waals surface area contributed by atoms with Gasteiger partial charge in [0.25, 0.3) is 0 Å². The van der Waals surface area contributed by atoms with Gasteiger partial charge in [-0.3, -0.25) is 0 Å². The van der Waals surface area contributed by atoms with Crippen molar-refractivity contribution in [2.75, 3.05) is 6.54 Å². The van der Waals surface area contributed by atoms with Gasteiger partial charge in [-0.2, -0.15) is 4.98 Å². The number of rotatable bonds is 2. The van der Waals surface area contributed by atoms with Crippen molar-refractivity contribution in [2.45, 2.75) is 25.8 Å².